The van der Waals surface area contributed by atoms with E-state index in [0.29, 0.717) is 5.92 Å². The van der Waals surface area contributed by atoms with E-state index in [-0.39, 0.29) is 41.5 Å². The summed E-state index contributed by atoms with van der Waals surface area (Å²) in [6, 6.07) is 7.22. The van der Waals surface area contributed by atoms with Crippen LogP contribution < -0.4 is 9.47 Å². The number of alkyl halides is 2. The molecule has 1 aliphatic carbocycles. The fourth-order valence-electron chi connectivity index (χ4n) is 4.21. The van der Waals surface area contributed by atoms with E-state index >= 15 is 0 Å². The highest BCUT2D eigenvalue weighted by atomic mass is 19.3. The Balaban J connectivity index is 1.47. The van der Waals surface area contributed by atoms with Crippen molar-refractivity contribution < 1.29 is 40.2 Å². The molecule has 0 bridgehead atoms. The van der Waals surface area contributed by atoms with Crippen LogP contribution in [0.15, 0.2) is 48.5 Å². The summed E-state index contributed by atoms with van der Waals surface area (Å²) in [5.41, 5.74) is -0.776. The maximum Gasteiger partial charge on any atom is 0.426 e. The summed E-state index contributed by atoms with van der Waals surface area (Å²) < 4.78 is 108. The minimum absolute atomic E-state index is 0.109. The van der Waals surface area contributed by atoms with Gasteiger partial charge in [0.1, 0.15) is 5.75 Å². The van der Waals surface area contributed by atoms with Crippen molar-refractivity contribution in [3.05, 3.63) is 83.2 Å². The van der Waals surface area contributed by atoms with E-state index < -0.39 is 46.5 Å². The molecule has 0 aliphatic heterocycles. The Morgan fingerprint density at radius 1 is 0.778 bits per heavy atom. The van der Waals surface area contributed by atoms with Crippen LogP contribution in [0.4, 0.5) is 30.7 Å². The number of halogens is 7. The van der Waals surface area contributed by atoms with Gasteiger partial charge in [0.2, 0.25) is 5.82 Å². The first kappa shape index (κ1) is 25.9. The van der Waals surface area contributed by atoms with E-state index in [1.54, 1.807) is 0 Å². The molecule has 0 atom stereocenters. The number of ether oxygens (including phenoxy) is 2. The van der Waals surface area contributed by atoms with Crippen molar-refractivity contribution in [2.24, 2.45) is 11.8 Å². The molecule has 1 fully saturated rings. The Hall–Kier alpha value is -3.23. The van der Waals surface area contributed by atoms with Crippen molar-refractivity contribution in [3.8, 4) is 22.6 Å². The fourth-order valence-corrected chi connectivity index (χ4v) is 4.21. The minimum atomic E-state index is -4.05. The maximum atomic E-state index is 14.8. The molecule has 0 spiro atoms. The molecule has 0 radical (unpaired) electrons. The van der Waals surface area contributed by atoms with Gasteiger partial charge in [0, 0.05) is 17.7 Å². The van der Waals surface area contributed by atoms with E-state index in [2.05, 4.69) is 11.7 Å². The first-order chi connectivity index (χ1) is 17.0. The standard InChI is InChI=1S/C27H23F7O2/c1-15-2-4-16(5-3-15)14-35-23-11-10-20(24(30)26(23)32)17-6-8-18(9-7-17)27(33,34)36-19-12-21(28)25(31)22(29)13-19/h6-13,15-16H,2-5,14H2,1H3. The van der Waals surface area contributed by atoms with Gasteiger partial charge in [-0.1, -0.05) is 31.9 Å². The van der Waals surface area contributed by atoms with Gasteiger partial charge in [-0.3, -0.25) is 0 Å². The predicted octanol–water partition coefficient (Wildman–Crippen LogP) is 8.38. The normalized spacial score (nSPS) is 18.2. The van der Waals surface area contributed by atoms with Crippen LogP contribution in [-0.2, 0) is 6.11 Å². The van der Waals surface area contributed by atoms with Gasteiger partial charge >= 0.3 is 6.11 Å². The van der Waals surface area contributed by atoms with E-state index in [4.69, 9.17) is 4.74 Å². The van der Waals surface area contributed by atoms with Crippen LogP contribution in [0, 0.1) is 40.9 Å². The summed E-state index contributed by atoms with van der Waals surface area (Å²) in [5.74, 6) is -7.75. The first-order valence-electron chi connectivity index (χ1n) is 11.5. The third-order valence-electron chi connectivity index (χ3n) is 6.39. The molecule has 0 amide bonds. The highest BCUT2D eigenvalue weighted by Gasteiger charge is 2.35. The second-order valence-corrected chi connectivity index (χ2v) is 9.07. The zero-order valence-electron chi connectivity index (χ0n) is 19.3. The average Bonchev–Trinajstić information content (AvgIpc) is 2.84. The van der Waals surface area contributed by atoms with Gasteiger partial charge in [-0.05, 0) is 54.5 Å². The lowest BCUT2D eigenvalue weighted by Gasteiger charge is -2.26. The zero-order valence-corrected chi connectivity index (χ0v) is 19.3. The summed E-state index contributed by atoms with van der Waals surface area (Å²) in [7, 11) is 0. The molecular weight excluding hydrogens is 489 g/mol. The topological polar surface area (TPSA) is 18.5 Å². The zero-order chi connectivity index (χ0) is 26.0. The highest BCUT2D eigenvalue weighted by Crippen LogP contribution is 2.36. The molecule has 0 aromatic heterocycles. The molecule has 2 nitrogen and oxygen atoms in total. The molecule has 36 heavy (non-hydrogen) atoms. The Bertz CT molecular complexity index is 1200. The van der Waals surface area contributed by atoms with Crippen molar-refractivity contribution in [1.29, 1.82) is 0 Å². The maximum absolute atomic E-state index is 14.8. The van der Waals surface area contributed by atoms with Gasteiger partial charge in [-0.2, -0.15) is 13.2 Å². The molecule has 3 aromatic carbocycles. The van der Waals surface area contributed by atoms with Crippen molar-refractivity contribution in [2.45, 2.75) is 38.7 Å². The van der Waals surface area contributed by atoms with E-state index in [0.717, 1.165) is 49.9 Å². The molecule has 1 aliphatic rings. The van der Waals surface area contributed by atoms with Crippen LogP contribution in [0.5, 0.6) is 11.5 Å². The van der Waals surface area contributed by atoms with Crippen molar-refractivity contribution >= 4 is 0 Å². The summed E-state index contributed by atoms with van der Waals surface area (Å²) in [4.78, 5) is 0. The summed E-state index contributed by atoms with van der Waals surface area (Å²) in [6.45, 7) is 2.47. The lowest BCUT2D eigenvalue weighted by atomic mass is 9.83. The Labute approximate surface area is 203 Å². The second kappa shape index (κ2) is 10.4. The average molecular weight is 512 g/mol. The summed E-state index contributed by atoms with van der Waals surface area (Å²) in [5, 5.41) is 0. The van der Waals surface area contributed by atoms with Gasteiger partial charge < -0.3 is 9.47 Å². The number of rotatable bonds is 7. The van der Waals surface area contributed by atoms with Crippen molar-refractivity contribution in [2.75, 3.05) is 6.61 Å². The highest BCUT2D eigenvalue weighted by molar-refractivity contribution is 5.65. The van der Waals surface area contributed by atoms with Gasteiger partial charge in [-0.15, -0.1) is 0 Å². The van der Waals surface area contributed by atoms with Crippen LogP contribution in [-0.4, -0.2) is 6.61 Å². The monoisotopic (exact) mass is 512 g/mol. The van der Waals surface area contributed by atoms with E-state index in [1.165, 1.54) is 12.1 Å². The van der Waals surface area contributed by atoms with E-state index in [1.807, 2.05) is 0 Å². The Morgan fingerprint density at radius 3 is 2.00 bits per heavy atom. The number of benzene rings is 3. The molecule has 0 heterocycles. The van der Waals surface area contributed by atoms with Crippen LogP contribution in [0.25, 0.3) is 11.1 Å². The van der Waals surface area contributed by atoms with Crippen LogP contribution in [0.3, 0.4) is 0 Å². The van der Waals surface area contributed by atoms with Gasteiger partial charge in [0.15, 0.2) is 29.0 Å². The third kappa shape index (κ3) is 5.60. The predicted molar refractivity (Wildman–Crippen MR) is 119 cm³/mol. The third-order valence-corrected chi connectivity index (χ3v) is 6.39. The van der Waals surface area contributed by atoms with Crippen molar-refractivity contribution in [3.63, 3.8) is 0 Å². The molecule has 0 saturated heterocycles. The molecular formula is C27H23F7O2. The molecule has 9 heteroatoms. The molecule has 192 valence electrons. The smallest absolute Gasteiger partial charge is 0.426 e. The molecule has 0 N–H and O–H groups in total. The lowest BCUT2D eigenvalue weighted by molar-refractivity contribution is -0.185. The molecule has 1 saturated carbocycles. The fraction of sp³-hybridized carbons (Fsp3) is 0.333. The molecule has 4 rings (SSSR count). The SMILES string of the molecule is CC1CCC(COc2ccc(-c3ccc(C(F)(F)Oc4cc(F)c(F)c(F)c4)cc3)c(F)c2F)CC1. The number of hydrogen-bond donors (Lipinski definition) is 0. The van der Waals surface area contributed by atoms with Gasteiger partial charge in [0.25, 0.3) is 0 Å². The Kier molecular flexibility index (Phi) is 7.47. The first-order valence-corrected chi connectivity index (χ1v) is 11.5. The summed E-state index contributed by atoms with van der Waals surface area (Å²) >= 11 is 0. The van der Waals surface area contributed by atoms with Gasteiger partial charge in [-0.25, -0.2) is 17.6 Å². The second-order valence-electron chi connectivity index (χ2n) is 9.07. The Morgan fingerprint density at radius 2 is 1.39 bits per heavy atom. The molecule has 0 unspecified atom stereocenters. The van der Waals surface area contributed by atoms with Crippen LogP contribution in [0.2, 0.25) is 0 Å². The quantitative estimate of drug-likeness (QED) is 0.234. The summed E-state index contributed by atoms with van der Waals surface area (Å²) in [6.07, 6.45) is 0.0287. The van der Waals surface area contributed by atoms with Crippen molar-refractivity contribution in [1.82, 2.24) is 0 Å². The lowest BCUT2D eigenvalue weighted by Crippen LogP contribution is -2.22. The van der Waals surface area contributed by atoms with E-state index in [9.17, 15) is 30.7 Å². The van der Waals surface area contributed by atoms with Crippen LogP contribution >= 0.6 is 0 Å². The van der Waals surface area contributed by atoms with Gasteiger partial charge in [0.05, 0.1) is 12.2 Å². The van der Waals surface area contributed by atoms with Crippen LogP contribution in [0.1, 0.15) is 38.2 Å². The molecule has 3 aromatic rings. The number of hydrogen-bond acceptors (Lipinski definition) is 2. The largest absolute Gasteiger partial charge is 0.490 e. The minimum Gasteiger partial charge on any atom is -0.490 e.